The van der Waals surface area contributed by atoms with E-state index in [-0.39, 0.29) is 24.1 Å². The summed E-state index contributed by atoms with van der Waals surface area (Å²) >= 11 is 0. The first-order valence-corrected chi connectivity index (χ1v) is 5.73. The van der Waals surface area contributed by atoms with E-state index in [1.165, 1.54) is 0 Å². The fourth-order valence-corrected chi connectivity index (χ4v) is 2.14. The van der Waals surface area contributed by atoms with Gasteiger partial charge < -0.3 is 14.8 Å². The first-order valence-electron chi connectivity index (χ1n) is 5.73. The molecule has 1 aliphatic heterocycles. The largest absolute Gasteiger partial charge is 0.462 e. The van der Waals surface area contributed by atoms with E-state index in [4.69, 9.17) is 9.47 Å². The lowest BCUT2D eigenvalue weighted by molar-refractivity contribution is -0.159. The third-order valence-corrected chi connectivity index (χ3v) is 3.31. The Morgan fingerprint density at radius 1 is 1.27 bits per heavy atom. The molecule has 2 aliphatic rings. The second-order valence-electron chi connectivity index (χ2n) is 4.44. The average molecular weight is 213 g/mol. The molecule has 0 amide bonds. The van der Waals surface area contributed by atoms with Gasteiger partial charge in [0.25, 0.3) is 0 Å². The summed E-state index contributed by atoms with van der Waals surface area (Å²) in [4.78, 5) is 11.6. The highest BCUT2D eigenvalue weighted by molar-refractivity contribution is 5.74. The number of methoxy groups -OCH3 is 1. The van der Waals surface area contributed by atoms with Crippen molar-refractivity contribution >= 4 is 5.97 Å². The molecule has 0 aromatic heterocycles. The minimum atomic E-state index is -0.0319. The normalized spacial score (nSPS) is 32.1. The van der Waals surface area contributed by atoms with Crippen LogP contribution in [0.4, 0.5) is 0 Å². The predicted molar refractivity (Wildman–Crippen MR) is 55.5 cm³/mol. The van der Waals surface area contributed by atoms with E-state index in [0.29, 0.717) is 0 Å². The van der Waals surface area contributed by atoms with Gasteiger partial charge in [0.15, 0.2) is 0 Å². The van der Waals surface area contributed by atoms with Gasteiger partial charge in [0.05, 0.1) is 12.0 Å². The molecule has 86 valence electrons. The summed E-state index contributed by atoms with van der Waals surface area (Å²) in [6, 6.07) is 0. The molecule has 0 aromatic rings. The molecule has 4 heteroatoms. The SMILES string of the molecule is COC1CCCC(OC(=O)C2CNC2)C1. The number of carbonyl (C=O) groups is 1. The molecule has 1 saturated carbocycles. The Balaban J connectivity index is 1.75. The standard InChI is InChI=1S/C11H19NO3/c1-14-9-3-2-4-10(5-9)15-11(13)8-6-12-7-8/h8-10,12H,2-7H2,1H3. The van der Waals surface area contributed by atoms with Crippen molar-refractivity contribution in [3.63, 3.8) is 0 Å². The van der Waals surface area contributed by atoms with Crippen molar-refractivity contribution in [3.8, 4) is 0 Å². The van der Waals surface area contributed by atoms with E-state index < -0.39 is 0 Å². The van der Waals surface area contributed by atoms with Gasteiger partial charge in [0, 0.05) is 26.6 Å². The van der Waals surface area contributed by atoms with Crippen LogP contribution in [0.2, 0.25) is 0 Å². The van der Waals surface area contributed by atoms with Crippen molar-refractivity contribution in [2.75, 3.05) is 20.2 Å². The Labute approximate surface area is 90.3 Å². The number of ether oxygens (including phenoxy) is 2. The monoisotopic (exact) mass is 213 g/mol. The van der Waals surface area contributed by atoms with Crippen LogP contribution in [-0.2, 0) is 14.3 Å². The number of carbonyl (C=O) groups excluding carboxylic acids is 1. The smallest absolute Gasteiger partial charge is 0.311 e. The van der Waals surface area contributed by atoms with Gasteiger partial charge in [0.2, 0.25) is 0 Å². The van der Waals surface area contributed by atoms with Gasteiger partial charge in [0.1, 0.15) is 6.10 Å². The van der Waals surface area contributed by atoms with Crippen molar-refractivity contribution in [1.29, 1.82) is 0 Å². The first kappa shape index (κ1) is 10.9. The van der Waals surface area contributed by atoms with Crippen molar-refractivity contribution in [2.45, 2.75) is 37.9 Å². The molecule has 2 fully saturated rings. The number of hydrogen-bond donors (Lipinski definition) is 1. The first-order chi connectivity index (χ1) is 7.29. The van der Waals surface area contributed by atoms with Crippen molar-refractivity contribution in [2.24, 2.45) is 5.92 Å². The maximum atomic E-state index is 11.6. The van der Waals surface area contributed by atoms with Gasteiger partial charge in [-0.1, -0.05) is 0 Å². The summed E-state index contributed by atoms with van der Waals surface area (Å²) in [5, 5.41) is 3.07. The molecule has 1 heterocycles. The van der Waals surface area contributed by atoms with E-state index in [9.17, 15) is 4.79 Å². The van der Waals surface area contributed by atoms with Crippen LogP contribution < -0.4 is 5.32 Å². The van der Waals surface area contributed by atoms with Crippen molar-refractivity contribution < 1.29 is 14.3 Å². The average Bonchev–Trinajstić information content (AvgIpc) is 2.15. The lowest BCUT2D eigenvalue weighted by Gasteiger charge is -2.31. The molecule has 1 saturated heterocycles. The molecule has 1 N–H and O–H groups in total. The van der Waals surface area contributed by atoms with Crippen LogP contribution >= 0.6 is 0 Å². The van der Waals surface area contributed by atoms with Crippen LogP contribution in [0.15, 0.2) is 0 Å². The van der Waals surface area contributed by atoms with Crippen molar-refractivity contribution in [3.05, 3.63) is 0 Å². The van der Waals surface area contributed by atoms with Crippen molar-refractivity contribution in [1.82, 2.24) is 5.32 Å². The topological polar surface area (TPSA) is 47.6 Å². The molecule has 2 unspecified atom stereocenters. The predicted octanol–water partition coefficient (Wildman–Crippen LogP) is 0.707. The molecule has 0 bridgehead atoms. The summed E-state index contributed by atoms with van der Waals surface area (Å²) in [7, 11) is 1.73. The zero-order valence-corrected chi connectivity index (χ0v) is 9.20. The second-order valence-corrected chi connectivity index (χ2v) is 4.44. The molecule has 0 spiro atoms. The molecule has 4 nitrogen and oxygen atoms in total. The Bertz CT molecular complexity index is 228. The van der Waals surface area contributed by atoms with Gasteiger partial charge in [-0.25, -0.2) is 0 Å². The van der Waals surface area contributed by atoms with Crippen LogP contribution in [0.25, 0.3) is 0 Å². The van der Waals surface area contributed by atoms with Crippen LogP contribution in [0.1, 0.15) is 25.7 Å². The molecule has 0 radical (unpaired) electrons. The highest BCUT2D eigenvalue weighted by atomic mass is 16.5. The Hall–Kier alpha value is -0.610. The number of nitrogens with one attached hydrogen (secondary N) is 1. The molecule has 15 heavy (non-hydrogen) atoms. The Morgan fingerprint density at radius 2 is 2.00 bits per heavy atom. The van der Waals surface area contributed by atoms with E-state index in [2.05, 4.69) is 5.32 Å². The lowest BCUT2D eigenvalue weighted by Crippen LogP contribution is -2.48. The zero-order chi connectivity index (χ0) is 10.7. The highest BCUT2D eigenvalue weighted by Gasteiger charge is 2.30. The Morgan fingerprint density at radius 3 is 2.60 bits per heavy atom. The minimum Gasteiger partial charge on any atom is -0.462 e. The fourth-order valence-electron chi connectivity index (χ4n) is 2.14. The third kappa shape index (κ3) is 2.69. The van der Waals surface area contributed by atoms with Crippen LogP contribution in [0.5, 0.6) is 0 Å². The maximum Gasteiger partial charge on any atom is 0.311 e. The molecule has 2 atom stereocenters. The zero-order valence-electron chi connectivity index (χ0n) is 9.20. The number of hydrogen-bond acceptors (Lipinski definition) is 4. The molecule has 0 aromatic carbocycles. The minimum absolute atomic E-state index is 0.0319. The fraction of sp³-hybridized carbons (Fsp3) is 0.909. The summed E-state index contributed by atoms with van der Waals surface area (Å²) in [5.41, 5.74) is 0. The van der Waals surface area contributed by atoms with E-state index in [1.54, 1.807) is 7.11 Å². The van der Waals surface area contributed by atoms with E-state index in [0.717, 1.165) is 38.8 Å². The van der Waals surface area contributed by atoms with Gasteiger partial charge >= 0.3 is 5.97 Å². The summed E-state index contributed by atoms with van der Waals surface area (Å²) in [5.74, 6) is 0.0587. The number of rotatable bonds is 3. The van der Waals surface area contributed by atoms with Crippen LogP contribution in [-0.4, -0.2) is 38.4 Å². The Kier molecular flexibility index (Phi) is 3.59. The number of esters is 1. The van der Waals surface area contributed by atoms with Crippen LogP contribution in [0.3, 0.4) is 0 Å². The third-order valence-electron chi connectivity index (χ3n) is 3.31. The summed E-state index contributed by atoms with van der Waals surface area (Å²) in [6.45, 7) is 1.55. The quantitative estimate of drug-likeness (QED) is 0.701. The van der Waals surface area contributed by atoms with E-state index >= 15 is 0 Å². The van der Waals surface area contributed by atoms with Gasteiger partial charge in [-0.15, -0.1) is 0 Å². The van der Waals surface area contributed by atoms with Gasteiger partial charge in [-0.3, -0.25) is 4.79 Å². The van der Waals surface area contributed by atoms with Gasteiger partial charge in [-0.05, 0) is 19.3 Å². The summed E-state index contributed by atoms with van der Waals surface area (Å²) in [6.07, 6.45) is 4.40. The van der Waals surface area contributed by atoms with Crippen LogP contribution in [0, 0.1) is 5.92 Å². The molecule has 2 rings (SSSR count). The molecular formula is C11H19NO3. The maximum absolute atomic E-state index is 11.6. The second kappa shape index (κ2) is 4.94. The highest BCUT2D eigenvalue weighted by Crippen LogP contribution is 2.24. The lowest BCUT2D eigenvalue weighted by atomic mass is 9.94. The molecular weight excluding hydrogens is 194 g/mol. The summed E-state index contributed by atoms with van der Waals surface area (Å²) < 4.78 is 10.8. The molecule has 1 aliphatic carbocycles. The van der Waals surface area contributed by atoms with E-state index in [1.807, 2.05) is 0 Å². The van der Waals surface area contributed by atoms with Gasteiger partial charge in [-0.2, -0.15) is 0 Å².